The number of benzene rings is 2. The van der Waals surface area contributed by atoms with Gasteiger partial charge in [-0.15, -0.1) is 0 Å². The van der Waals surface area contributed by atoms with E-state index in [1.807, 2.05) is 18.2 Å². The number of hydrogen-bond donors (Lipinski definition) is 0. The predicted octanol–water partition coefficient (Wildman–Crippen LogP) is 2.97. The number of esters is 1. The molecule has 1 unspecified atom stereocenters. The van der Waals surface area contributed by atoms with Gasteiger partial charge in [0.05, 0.1) is 26.9 Å². The molecule has 22 heavy (non-hydrogen) atoms. The van der Waals surface area contributed by atoms with Crippen molar-refractivity contribution in [3.63, 3.8) is 0 Å². The lowest BCUT2D eigenvalue weighted by Gasteiger charge is -2.17. The molecule has 0 bridgehead atoms. The van der Waals surface area contributed by atoms with Crippen molar-refractivity contribution in [2.75, 3.05) is 21.3 Å². The van der Waals surface area contributed by atoms with Gasteiger partial charge >= 0.3 is 5.97 Å². The van der Waals surface area contributed by atoms with E-state index in [0.29, 0.717) is 22.8 Å². The van der Waals surface area contributed by atoms with Crippen LogP contribution in [0.3, 0.4) is 0 Å². The molecule has 1 atom stereocenters. The summed E-state index contributed by atoms with van der Waals surface area (Å²) in [4.78, 5) is 12.0. The molecule has 0 saturated heterocycles. The number of carbonyl (C=O) groups excluding carboxylic acids is 1. The third-order valence-electron chi connectivity index (χ3n) is 3.68. The molecular formula is C17H16O5. The second-order valence-electron chi connectivity index (χ2n) is 4.83. The first-order valence-corrected chi connectivity index (χ1v) is 6.79. The van der Waals surface area contributed by atoms with Gasteiger partial charge in [0.15, 0.2) is 17.6 Å². The molecule has 3 rings (SSSR count). The topological polar surface area (TPSA) is 54.0 Å². The number of cyclic esters (lactones) is 1. The number of methoxy groups -OCH3 is 3. The molecule has 0 amide bonds. The number of ether oxygens (including phenoxy) is 4. The van der Waals surface area contributed by atoms with Gasteiger partial charge in [-0.1, -0.05) is 18.2 Å². The van der Waals surface area contributed by atoms with E-state index in [1.54, 1.807) is 39.5 Å². The lowest BCUT2D eigenvalue weighted by atomic mass is 9.98. The molecule has 0 N–H and O–H groups in total. The third-order valence-corrected chi connectivity index (χ3v) is 3.68. The first kappa shape index (κ1) is 14.3. The van der Waals surface area contributed by atoms with Crippen molar-refractivity contribution in [3.05, 3.63) is 53.1 Å². The lowest BCUT2D eigenvalue weighted by Crippen LogP contribution is -2.03. The molecule has 1 aliphatic heterocycles. The number of rotatable bonds is 4. The van der Waals surface area contributed by atoms with Crippen LogP contribution in [-0.4, -0.2) is 27.3 Å². The normalized spacial score (nSPS) is 16.0. The van der Waals surface area contributed by atoms with Crippen LogP contribution in [0.2, 0.25) is 0 Å². The van der Waals surface area contributed by atoms with Crippen LogP contribution in [0.4, 0.5) is 0 Å². The molecular weight excluding hydrogens is 284 g/mol. The minimum absolute atomic E-state index is 0.325. The van der Waals surface area contributed by atoms with Gasteiger partial charge in [0.1, 0.15) is 0 Å². The summed E-state index contributed by atoms with van der Waals surface area (Å²) in [6.07, 6.45) is -0.475. The standard InChI is InChI=1S/C17H16O5/c1-19-13-8-10(9-14(20-2)16(13)21-3)15-11-6-4-5-7-12(11)17(18)22-15/h4-9,15H,1-3H3. The summed E-state index contributed by atoms with van der Waals surface area (Å²) in [6.45, 7) is 0. The van der Waals surface area contributed by atoms with Crippen molar-refractivity contribution in [1.29, 1.82) is 0 Å². The third kappa shape index (κ3) is 2.15. The summed E-state index contributed by atoms with van der Waals surface area (Å²) in [5.41, 5.74) is 2.19. The van der Waals surface area contributed by atoms with Gasteiger partial charge in [0.2, 0.25) is 5.75 Å². The van der Waals surface area contributed by atoms with E-state index in [9.17, 15) is 4.79 Å². The Bertz CT molecular complexity index is 698. The summed E-state index contributed by atoms with van der Waals surface area (Å²) in [7, 11) is 4.65. The molecule has 0 aromatic heterocycles. The fourth-order valence-corrected chi connectivity index (χ4v) is 2.65. The zero-order valence-corrected chi connectivity index (χ0v) is 12.6. The zero-order valence-electron chi connectivity index (χ0n) is 12.6. The highest BCUT2D eigenvalue weighted by atomic mass is 16.6. The summed E-state index contributed by atoms with van der Waals surface area (Å²) in [5.74, 6) is 1.23. The van der Waals surface area contributed by atoms with E-state index in [2.05, 4.69) is 0 Å². The van der Waals surface area contributed by atoms with Crippen molar-refractivity contribution >= 4 is 5.97 Å². The van der Waals surface area contributed by atoms with Crippen LogP contribution >= 0.6 is 0 Å². The zero-order chi connectivity index (χ0) is 15.7. The van der Waals surface area contributed by atoms with Crippen molar-refractivity contribution in [1.82, 2.24) is 0 Å². The Morgan fingerprint density at radius 2 is 1.59 bits per heavy atom. The van der Waals surface area contributed by atoms with E-state index < -0.39 is 6.10 Å². The van der Waals surface area contributed by atoms with Gasteiger partial charge in [-0.25, -0.2) is 4.79 Å². The quantitative estimate of drug-likeness (QED) is 0.813. The average molecular weight is 300 g/mol. The van der Waals surface area contributed by atoms with Crippen LogP contribution in [0.1, 0.15) is 27.6 Å². The predicted molar refractivity (Wildman–Crippen MR) is 79.8 cm³/mol. The summed E-state index contributed by atoms with van der Waals surface area (Å²) < 4.78 is 21.5. The Labute approximate surface area is 128 Å². The Kier molecular flexibility index (Phi) is 3.63. The lowest BCUT2D eigenvalue weighted by molar-refractivity contribution is 0.0455. The Hall–Kier alpha value is -2.69. The van der Waals surface area contributed by atoms with E-state index in [1.165, 1.54) is 0 Å². The molecule has 5 nitrogen and oxygen atoms in total. The van der Waals surface area contributed by atoms with Crippen LogP contribution in [0.25, 0.3) is 0 Å². The van der Waals surface area contributed by atoms with Gasteiger partial charge in [-0.2, -0.15) is 0 Å². The van der Waals surface area contributed by atoms with Crippen molar-refractivity contribution < 1.29 is 23.7 Å². The largest absolute Gasteiger partial charge is 0.493 e. The first-order valence-electron chi connectivity index (χ1n) is 6.79. The van der Waals surface area contributed by atoms with Crippen LogP contribution in [0, 0.1) is 0 Å². The fourth-order valence-electron chi connectivity index (χ4n) is 2.65. The van der Waals surface area contributed by atoms with Gasteiger partial charge < -0.3 is 18.9 Å². The number of hydrogen-bond acceptors (Lipinski definition) is 5. The number of carbonyl (C=O) groups is 1. The maximum Gasteiger partial charge on any atom is 0.339 e. The van der Waals surface area contributed by atoms with Crippen molar-refractivity contribution in [3.8, 4) is 17.2 Å². The molecule has 114 valence electrons. The SMILES string of the molecule is COc1cc(C2OC(=O)c3ccccc32)cc(OC)c1OC. The molecule has 0 radical (unpaired) electrons. The van der Waals surface area contributed by atoms with Gasteiger partial charge in [-0.3, -0.25) is 0 Å². The van der Waals surface area contributed by atoms with E-state index in [0.717, 1.165) is 11.1 Å². The molecule has 0 fully saturated rings. The molecule has 0 spiro atoms. The summed E-state index contributed by atoms with van der Waals surface area (Å²) >= 11 is 0. The van der Waals surface area contributed by atoms with Crippen LogP contribution < -0.4 is 14.2 Å². The molecule has 2 aromatic carbocycles. The average Bonchev–Trinajstić information content (AvgIpc) is 2.90. The maximum absolute atomic E-state index is 12.0. The Balaban J connectivity index is 2.12. The number of fused-ring (bicyclic) bond motifs is 1. The minimum Gasteiger partial charge on any atom is -0.493 e. The smallest absolute Gasteiger partial charge is 0.339 e. The van der Waals surface area contributed by atoms with Crippen molar-refractivity contribution in [2.24, 2.45) is 0 Å². The van der Waals surface area contributed by atoms with Crippen LogP contribution in [-0.2, 0) is 4.74 Å². The second kappa shape index (κ2) is 5.60. The highest BCUT2D eigenvalue weighted by molar-refractivity contribution is 5.94. The molecule has 2 aromatic rings. The van der Waals surface area contributed by atoms with E-state index >= 15 is 0 Å². The monoisotopic (exact) mass is 300 g/mol. The maximum atomic E-state index is 12.0. The molecule has 1 heterocycles. The summed E-state index contributed by atoms with van der Waals surface area (Å²) in [6, 6.07) is 10.9. The van der Waals surface area contributed by atoms with Gasteiger partial charge in [-0.05, 0) is 18.2 Å². The van der Waals surface area contributed by atoms with Crippen molar-refractivity contribution in [2.45, 2.75) is 6.10 Å². The molecule has 0 aliphatic carbocycles. The second-order valence-corrected chi connectivity index (χ2v) is 4.83. The van der Waals surface area contributed by atoms with E-state index in [4.69, 9.17) is 18.9 Å². The Morgan fingerprint density at radius 3 is 2.18 bits per heavy atom. The molecule has 0 saturated carbocycles. The molecule has 5 heteroatoms. The highest BCUT2D eigenvalue weighted by Gasteiger charge is 2.33. The Morgan fingerprint density at radius 1 is 0.955 bits per heavy atom. The van der Waals surface area contributed by atoms with Gasteiger partial charge in [0, 0.05) is 11.1 Å². The minimum atomic E-state index is -0.475. The van der Waals surface area contributed by atoms with Crippen LogP contribution in [0.5, 0.6) is 17.2 Å². The molecule has 1 aliphatic rings. The summed E-state index contributed by atoms with van der Waals surface area (Å²) in [5, 5.41) is 0. The van der Waals surface area contributed by atoms with Gasteiger partial charge in [0.25, 0.3) is 0 Å². The first-order chi connectivity index (χ1) is 10.7. The van der Waals surface area contributed by atoms with Crippen LogP contribution in [0.15, 0.2) is 36.4 Å². The fraction of sp³-hybridized carbons (Fsp3) is 0.235. The van der Waals surface area contributed by atoms with E-state index in [-0.39, 0.29) is 5.97 Å². The highest BCUT2D eigenvalue weighted by Crippen LogP contribution is 2.43.